The Balaban J connectivity index is 1.52. The van der Waals surface area contributed by atoms with Crippen LogP contribution in [0.3, 0.4) is 0 Å². The first-order chi connectivity index (χ1) is 13.0. The van der Waals surface area contributed by atoms with Crippen LogP contribution >= 0.6 is 0 Å². The van der Waals surface area contributed by atoms with Gasteiger partial charge in [-0.15, -0.1) is 0 Å². The van der Waals surface area contributed by atoms with Crippen LogP contribution in [0.5, 0.6) is 5.75 Å². The summed E-state index contributed by atoms with van der Waals surface area (Å²) in [6.45, 7) is 2.13. The Bertz CT molecular complexity index is 859. The number of nitrogens with zero attached hydrogens (tertiary/aromatic N) is 3. The van der Waals surface area contributed by atoms with E-state index in [9.17, 15) is 9.18 Å². The van der Waals surface area contributed by atoms with Crippen LogP contribution < -0.4 is 4.74 Å². The lowest BCUT2D eigenvalue weighted by atomic mass is 10.1. The minimum atomic E-state index is -0.321. The molecule has 7 heteroatoms. The van der Waals surface area contributed by atoms with Gasteiger partial charge in [0.2, 0.25) is 0 Å². The molecule has 1 unspecified atom stereocenters. The summed E-state index contributed by atoms with van der Waals surface area (Å²) in [6.07, 6.45) is 4.89. The SMILES string of the molecule is CC(CCc1ccco1)N(C)C(=O)c1ccn(COc2ccc(F)cc2)n1. The van der Waals surface area contributed by atoms with Gasteiger partial charge in [-0.1, -0.05) is 0 Å². The number of amides is 1. The average molecular weight is 371 g/mol. The zero-order chi connectivity index (χ0) is 19.2. The molecule has 3 aromatic rings. The number of hydrogen-bond acceptors (Lipinski definition) is 4. The second-order valence-corrected chi connectivity index (χ2v) is 6.35. The van der Waals surface area contributed by atoms with Gasteiger partial charge in [0.15, 0.2) is 12.4 Å². The number of halogens is 1. The second-order valence-electron chi connectivity index (χ2n) is 6.35. The van der Waals surface area contributed by atoms with E-state index < -0.39 is 0 Å². The molecule has 1 aromatic carbocycles. The van der Waals surface area contributed by atoms with Gasteiger partial charge in [0, 0.05) is 25.7 Å². The van der Waals surface area contributed by atoms with Crippen LogP contribution in [-0.2, 0) is 13.2 Å². The average Bonchev–Trinajstić information content (AvgIpc) is 3.36. The van der Waals surface area contributed by atoms with E-state index in [2.05, 4.69) is 5.10 Å². The number of furan rings is 1. The summed E-state index contributed by atoms with van der Waals surface area (Å²) in [6, 6.07) is 11.2. The maximum Gasteiger partial charge on any atom is 0.274 e. The molecule has 0 bridgehead atoms. The molecule has 0 fully saturated rings. The van der Waals surface area contributed by atoms with Crippen molar-refractivity contribution in [2.75, 3.05) is 7.05 Å². The first-order valence-electron chi connectivity index (χ1n) is 8.74. The molecule has 0 radical (unpaired) electrons. The number of carbonyl (C=O) groups excluding carboxylic acids is 1. The second kappa shape index (κ2) is 8.53. The van der Waals surface area contributed by atoms with Crippen molar-refractivity contribution < 1.29 is 18.3 Å². The Morgan fingerprint density at radius 1 is 1.30 bits per heavy atom. The van der Waals surface area contributed by atoms with E-state index in [1.165, 1.54) is 16.8 Å². The van der Waals surface area contributed by atoms with Gasteiger partial charge in [-0.25, -0.2) is 9.07 Å². The number of carbonyl (C=O) groups is 1. The van der Waals surface area contributed by atoms with Crippen molar-refractivity contribution in [2.45, 2.75) is 32.5 Å². The molecule has 6 nitrogen and oxygen atoms in total. The predicted molar refractivity (Wildman–Crippen MR) is 97.8 cm³/mol. The summed E-state index contributed by atoms with van der Waals surface area (Å²) in [5, 5.41) is 4.26. The van der Waals surface area contributed by atoms with E-state index in [0.29, 0.717) is 11.4 Å². The van der Waals surface area contributed by atoms with Crippen molar-refractivity contribution in [1.29, 1.82) is 0 Å². The molecule has 142 valence electrons. The summed E-state index contributed by atoms with van der Waals surface area (Å²) < 4.78 is 25.3. The van der Waals surface area contributed by atoms with Gasteiger partial charge in [-0.2, -0.15) is 5.10 Å². The van der Waals surface area contributed by atoms with E-state index in [1.807, 2.05) is 19.1 Å². The van der Waals surface area contributed by atoms with Crippen molar-refractivity contribution in [1.82, 2.24) is 14.7 Å². The fourth-order valence-electron chi connectivity index (χ4n) is 2.60. The molecule has 2 aromatic heterocycles. The molecule has 0 saturated carbocycles. The highest BCUT2D eigenvalue weighted by atomic mass is 19.1. The predicted octanol–water partition coefficient (Wildman–Crippen LogP) is 3.75. The highest BCUT2D eigenvalue weighted by Gasteiger charge is 2.20. The highest BCUT2D eigenvalue weighted by Crippen LogP contribution is 2.13. The number of rotatable bonds is 8. The van der Waals surface area contributed by atoms with Crippen LogP contribution in [0.4, 0.5) is 4.39 Å². The van der Waals surface area contributed by atoms with Gasteiger partial charge < -0.3 is 14.1 Å². The normalized spacial score (nSPS) is 12.0. The Labute approximate surface area is 157 Å². The molecule has 0 aliphatic carbocycles. The first-order valence-corrected chi connectivity index (χ1v) is 8.74. The van der Waals surface area contributed by atoms with Crippen LogP contribution in [0.1, 0.15) is 29.6 Å². The van der Waals surface area contributed by atoms with E-state index in [1.54, 1.807) is 42.6 Å². The van der Waals surface area contributed by atoms with Crippen LogP contribution in [0.2, 0.25) is 0 Å². The standard InChI is InChI=1S/C20H22FN3O3/c1-15(5-8-17-4-3-13-26-17)23(2)20(25)19-11-12-24(22-19)14-27-18-9-6-16(21)7-10-18/h3-4,6-7,9-13,15H,5,8,14H2,1-2H3. The summed E-state index contributed by atoms with van der Waals surface area (Å²) in [7, 11) is 1.77. The molecular formula is C20H22FN3O3. The van der Waals surface area contributed by atoms with Gasteiger partial charge >= 0.3 is 0 Å². The van der Waals surface area contributed by atoms with E-state index in [-0.39, 0.29) is 24.5 Å². The summed E-state index contributed by atoms with van der Waals surface area (Å²) >= 11 is 0. The van der Waals surface area contributed by atoms with Crippen LogP contribution in [0.15, 0.2) is 59.3 Å². The van der Waals surface area contributed by atoms with Crippen molar-refractivity contribution >= 4 is 5.91 Å². The molecule has 1 amide bonds. The van der Waals surface area contributed by atoms with Gasteiger partial charge in [-0.3, -0.25) is 4.79 Å². The minimum absolute atomic E-state index is 0.0446. The third kappa shape index (κ3) is 4.97. The van der Waals surface area contributed by atoms with Gasteiger partial charge in [-0.05, 0) is 55.8 Å². The monoisotopic (exact) mass is 371 g/mol. The summed E-state index contributed by atoms with van der Waals surface area (Å²) in [5.41, 5.74) is 0.352. The number of aryl methyl sites for hydroxylation is 1. The zero-order valence-electron chi connectivity index (χ0n) is 15.3. The van der Waals surface area contributed by atoms with Gasteiger partial charge in [0.1, 0.15) is 17.3 Å². The third-order valence-electron chi connectivity index (χ3n) is 4.41. The number of aromatic nitrogens is 2. The molecule has 0 aliphatic rings. The molecular weight excluding hydrogens is 349 g/mol. The van der Waals surface area contributed by atoms with Crippen molar-refractivity contribution in [3.05, 3.63) is 72.2 Å². The molecule has 3 rings (SSSR count). The lowest BCUT2D eigenvalue weighted by molar-refractivity contribution is 0.0728. The lowest BCUT2D eigenvalue weighted by Gasteiger charge is -2.23. The molecule has 2 heterocycles. The van der Waals surface area contributed by atoms with Gasteiger partial charge in [0.25, 0.3) is 5.91 Å². The third-order valence-corrected chi connectivity index (χ3v) is 4.41. The van der Waals surface area contributed by atoms with Crippen molar-refractivity contribution in [3.63, 3.8) is 0 Å². The number of hydrogen-bond donors (Lipinski definition) is 0. The molecule has 27 heavy (non-hydrogen) atoms. The molecule has 0 spiro atoms. The Kier molecular flexibility index (Phi) is 5.90. The maximum absolute atomic E-state index is 12.9. The summed E-state index contributed by atoms with van der Waals surface area (Å²) in [4.78, 5) is 14.3. The number of ether oxygens (including phenoxy) is 1. The number of benzene rings is 1. The first kappa shape index (κ1) is 18.7. The quantitative estimate of drug-likeness (QED) is 0.605. The fourth-order valence-corrected chi connectivity index (χ4v) is 2.60. The molecule has 0 N–H and O–H groups in total. The van der Waals surface area contributed by atoms with Crippen LogP contribution in [-0.4, -0.2) is 33.7 Å². The topological polar surface area (TPSA) is 60.5 Å². The largest absolute Gasteiger partial charge is 0.471 e. The summed E-state index contributed by atoms with van der Waals surface area (Å²) in [5.74, 6) is 0.967. The molecule has 1 atom stereocenters. The molecule has 0 saturated heterocycles. The van der Waals surface area contributed by atoms with E-state index in [0.717, 1.165) is 18.6 Å². The van der Waals surface area contributed by atoms with Crippen molar-refractivity contribution in [2.24, 2.45) is 0 Å². The van der Waals surface area contributed by atoms with Crippen LogP contribution in [0, 0.1) is 5.82 Å². The minimum Gasteiger partial charge on any atom is -0.471 e. The van der Waals surface area contributed by atoms with Crippen LogP contribution in [0.25, 0.3) is 0 Å². The Morgan fingerprint density at radius 3 is 2.78 bits per heavy atom. The molecule has 0 aliphatic heterocycles. The Hall–Kier alpha value is -3.09. The lowest BCUT2D eigenvalue weighted by Crippen LogP contribution is -2.35. The fraction of sp³-hybridized carbons (Fsp3) is 0.300. The maximum atomic E-state index is 12.9. The van der Waals surface area contributed by atoms with E-state index >= 15 is 0 Å². The highest BCUT2D eigenvalue weighted by molar-refractivity contribution is 5.92. The smallest absolute Gasteiger partial charge is 0.274 e. The Morgan fingerprint density at radius 2 is 2.07 bits per heavy atom. The van der Waals surface area contributed by atoms with Gasteiger partial charge in [0.05, 0.1) is 6.26 Å². The van der Waals surface area contributed by atoms with E-state index in [4.69, 9.17) is 9.15 Å². The zero-order valence-corrected chi connectivity index (χ0v) is 15.3. The van der Waals surface area contributed by atoms with Crippen molar-refractivity contribution in [3.8, 4) is 5.75 Å².